The Kier molecular flexibility index (Phi) is 38.2. The molecule has 0 bridgehead atoms. The van der Waals surface area contributed by atoms with Crippen molar-refractivity contribution in [2.75, 3.05) is 93.8 Å². The van der Waals surface area contributed by atoms with Crippen LogP contribution in [0, 0.1) is 35.5 Å². The van der Waals surface area contributed by atoms with Crippen molar-refractivity contribution in [2.24, 2.45) is 35.5 Å². The molecular weight excluding hydrogens is 773 g/mol. The highest BCUT2D eigenvalue weighted by atomic mass is 16.5. The van der Waals surface area contributed by atoms with Gasteiger partial charge in [0, 0.05) is 112 Å². The van der Waals surface area contributed by atoms with Gasteiger partial charge in [-0.25, -0.2) is 0 Å². The molecule has 61 heavy (non-hydrogen) atoms. The van der Waals surface area contributed by atoms with Crippen LogP contribution >= 0.6 is 0 Å². The molecule has 3 saturated heterocycles. The maximum Gasteiger partial charge on any atom is 0.222 e. The summed E-state index contributed by atoms with van der Waals surface area (Å²) in [5.41, 5.74) is 0. The average molecular weight is 869 g/mol. The number of carbonyl (C=O) groups excluding carboxylic acids is 6. The van der Waals surface area contributed by atoms with Gasteiger partial charge in [-0.1, -0.05) is 83.1 Å². The number of piperazine rings is 1. The van der Waals surface area contributed by atoms with Crippen LogP contribution in [0.3, 0.4) is 0 Å². The minimum atomic E-state index is 0.125. The summed E-state index contributed by atoms with van der Waals surface area (Å²) >= 11 is 0. The summed E-state index contributed by atoms with van der Waals surface area (Å²) in [7, 11) is 7.32. The van der Waals surface area contributed by atoms with Crippen molar-refractivity contribution in [1.82, 2.24) is 29.8 Å². The van der Waals surface area contributed by atoms with Crippen LogP contribution in [0.4, 0.5) is 0 Å². The highest BCUT2D eigenvalue weighted by Crippen LogP contribution is 2.12. The third-order valence-corrected chi connectivity index (χ3v) is 9.33. The molecule has 5 amide bonds. The molecule has 0 unspecified atom stereocenters. The van der Waals surface area contributed by atoms with Crippen molar-refractivity contribution in [1.29, 1.82) is 0 Å². The molecule has 3 rings (SSSR count). The van der Waals surface area contributed by atoms with E-state index in [9.17, 15) is 28.8 Å². The van der Waals surface area contributed by atoms with E-state index >= 15 is 0 Å². The standard InChI is InChI=1S/C10H20N2O.C10H19NO.C9H17NO2.C7H15NO.C6H13NO.C6H12O/c1-9(2)8-10(13)12-6-4-11(3)5-7-12;1-9(2)8-10(12)11-6-4-3-5-7-11;1-8(2)7-9(11)10-3-5-12-6-4-10;1-6(2)5-7(9)8(3)4;1-5(2)4-6(8)7-3;1-5(2)4-6(3)7/h9H,4-8H2,1-3H3;9H,3-8H2,1-2H3;8H,3-7H2,1-2H3;6H,5H2,1-4H3;5H,4H2,1-3H3,(H,7,8);5H,4H2,1-3H3. The summed E-state index contributed by atoms with van der Waals surface area (Å²) in [5.74, 6) is 4.47. The van der Waals surface area contributed by atoms with Crippen molar-refractivity contribution in [3.8, 4) is 0 Å². The largest absolute Gasteiger partial charge is 0.378 e. The van der Waals surface area contributed by atoms with Gasteiger partial charge in [-0.3, -0.25) is 24.0 Å². The molecule has 3 heterocycles. The zero-order chi connectivity index (χ0) is 47.7. The van der Waals surface area contributed by atoms with Gasteiger partial charge >= 0.3 is 0 Å². The second kappa shape index (κ2) is 37.5. The second-order valence-corrected chi connectivity index (χ2v) is 19.4. The minimum absolute atomic E-state index is 0.125. The normalized spacial score (nSPS) is 15.2. The van der Waals surface area contributed by atoms with E-state index in [0.717, 1.165) is 65.2 Å². The van der Waals surface area contributed by atoms with Gasteiger partial charge < -0.3 is 39.3 Å². The molecule has 0 radical (unpaired) electrons. The van der Waals surface area contributed by atoms with Gasteiger partial charge in [-0.05, 0) is 68.7 Å². The average Bonchev–Trinajstić information content (AvgIpc) is 3.15. The summed E-state index contributed by atoms with van der Waals surface area (Å²) in [6.07, 6.45) is 7.80. The first-order valence-corrected chi connectivity index (χ1v) is 23.3. The van der Waals surface area contributed by atoms with Crippen molar-refractivity contribution < 1.29 is 33.5 Å². The zero-order valence-corrected chi connectivity index (χ0v) is 42.5. The Balaban J connectivity index is -0.000000671. The van der Waals surface area contributed by atoms with Crippen LogP contribution in [0.2, 0.25) is 0 Å². The lowest BCUT2D eigenvalue weighted by atomic mass is 10.1. The molecular formula is C48H96N6O7. The van der Waals surface area contributed by atoms with Crippen LogP contribution in [-0.2, 0) is 33.5 Å². The van der Waals surface area contributed by atoms with E-state index in [1.165, 1.54) is 19.3 Å². The van der Waals surface area contributed by atoms with E-state index in [4.69, 9.17) is 4.74 Å². The lowest BCUT2D eigenvalue weighted by molar-refractivity contribution is -0.136. The van der Waals surface area contributed by atoms with Crippen molar-refractivity contribution >= 4 is 35.3 Å². The van der Waals surface area contributed by atoms with Crippen molar-refractivity contribution in [3.63, 3.8) is 0 Å². The Hall–Kier alpha value is -3.06. The predicted molar refractivity (Wildman–Crippen MR) is 252 cm³/mol. The van der Waals surface area contributed by atoms with Gasteiger partial charge in [0.25, 0.3) is 0 Å². The van der Waals surface area contributed by atoms with Gasteiger partial charge in [0.2, 0.25) is 29.5 Å². The van der Waals surface area contributed by atoms with Crippen LogP contribution in [-0.4, -0.2) is 154 Å². The topological polar surface area (TPSA) is 140 Å². The van der Waals surface area contributed by atoms with Gasteiger partial charge in [0.1, 0.15) is 5.78 Å². The van der Waals surface area contributed by atoms with E-state index in [1.54, 1.807) is 33.0 Å². The summed E-state index contributed by atoms with van der Waals surface area (Å²) in [5, 5.41) is 2.56. The van der Waals surface area contributed by atoms with E-state index in [1.807, 2.05) is 56.2 Å². The smallest absolute Gasteiger partial charge is 0.222 e. The number of likely N-dealkylation sites (N-methyl/N-ethyl adjacent to an activating group) is 1. The first-order valence-electron chi connectivity index (χ1n) is 23.3. The van der Waals surface area contributed by atoms with Crippen molar-refractivity contribution in [3.05, 3.63) is 0 Å². The number of nitrogens with one attached hydrogen (secondary N) is 1. The summed E-state index contributed by atoms with van der Waals surface area (Å²) < 4.78 is 5.16. The lowest BCUT2D eigenvalue weighted by Gasteiger charge is -2.32. The van der Waals surface area contributed by atoms with Crippen LogP contribution < -0.4 is 5.32 Å². The van der Waals surface area contributed by atoms with Crippen LogP contribution in [0.1, 0.15) is 148 Å². The summed E-state index contributed by atoms with van der Waals surface area (Å²) in [4.78, 5) is 76.1. The van der Waals surface area contributed by atoms with Gasteiger partial charge in [0.15, 0.2) is 0 Å². The number of rotatable bonds is 12. The maximum atomic E-state index is 11.6. The fourth-order valence-electron chi connectivity index (χ4n) is 6.03. The van der Waals surface area contributed by atoms with E-state index < -0.39 is 0 Å². The Morgan fingerprint density at radius 1 is 0.492 bits per heavy atom. The molecule has 360 valence electrons. The molecule has 1 N–H and O–H groups in total. The number of amides is 5. The molecule has 3 aliphatic heterocycles. The number of morpholine rings is 1. The minimum Gasteiger partial charge on any atom is -0.378 e. The number of ketones is 1. The Morgan fingerprint density at radius 3 is 1.10 bits per heavy atom. The fraction of sp³-hybridized carbons (Fsp3) is 0.875. The molecule has 0 aromatic heterocycles. The molecule has 0 aromatic rings. The van der Waals surface area contributed by atoms with Crippen LogP contribution in [0.5, 0.6) is 0 Å². The van der Waals surface area contributed by atoms with E-state index in [2.05, 4.69) is 58.8 Å². The number of Topliss-reactive ketones (excluding diaryl/α,β-unsaturated/α-hetero) is 1. The number of nitrogens with zero attached hydrogens (tertiary/aromatic N) is 5. The monoisotopic (exact) mass is 869 g/mol. The molecule has 3 aliphatic rings. The van der Waals surface area contributed by atoms with Gasteiger partial charge in [0.05, 0.1) is 13.2 Å². The number of likely N-dealkylation sites (tertiary alicyclic amines) is 1. The first-order chi connectivity index (χ1) is 28.3. The molecule has 13 nitrogen and oxygen atoms in total. The third kappa shape index (κ3) is 40.8. The van der Waals surface area contributed by atoms with Gasteiger partial charge in [-0.15, -0.1) is 0 Å². The molecule has 0 saturated carbocycles. The number of carbonyl (C=O) groups is 6. The Bertz CT molecular complexity index is 1130. The summed E-state index contributed by atoms with van der Waals surface area (Å²) in [6, 6.07) is 0. The summed E-state index contributed by atoms with van der Waals surface area (Å²) in [6.45, 7) is 35.1. The second-order valence-electron chi connectivity index (χ2n) is 19.4. The molecule has 0 spiro atoms. The first kappa shape index (κ1) is 62.2. The van der Waals surface area contributed by atoms with Crippen LogP contribution in [0.15, 0.2) is 0 Å². The van der Waals surface area contributed by atoms with E-state index in [-0.39, 0.29) is 23.5 Å². The highest BCUT2D eigenvalue weighted by molar-refractivity contribution is 5.78. The number of piperidine rings is 1. The number of hydrogen-bond acceptors (Lipinski definition) is 8. The fourth-order valence-corrected chi connectivity index (χ4v) is 6.03. The SMILES string of the molecule is CC(=O)CC(C)C.CC(C)CC(=O)N(C)C.CC(C)CC(=O)N1CCCCC1.CC(C)CC(=O)N1CCN(C)CC1.CC(C)CC(=O)N1CCOCC1.CNC(=O)CC(C)C. The zero-order valence-electron chi connectivity index (χ0n) is 42.5. The van der Waals surface area contributed by atoms with E-state index in [0.29, 0.717) is 86.2 Å². The van der Waals surface area contributed by atoms with Crippen LogP contribution in [0.25, 0.3) is 0 Å². The molecule has 0 aromatic carbocycles. The maximum absolute atomic E-state index is 11.6. The van der Waals surface area contributed by atoms with Gasteiger partial charge in [-0.2, -0.15) is 0 Å². The number of ether oxygens (including phenoxy) is 1. The molecule has 3 fully saturated rings. The van der Waals surface area contributed by atoms with Crippen molar-refractivity contribution in [2.45, 2.75) is 148 Å². The Morgan fingerprint density at radius 2 is 0.836 bits per heavy atom. The third-order valence-electron chi connectivity index (χ3n) is 9.33. The molecule has 0 atom stereocenters. The Labute approximate surface area is 374 Å². The predicted octanol–water partition coefficient (Wildman–Crippen LogP) is 7.26. The lowest BCUT2D eigenvalue weighted by Crippen LogP contribution is -2.47. The molecule has 0 aliphatic carbocycles. The number of hydrogen-bond donors (Lipinski definition) is 1. The highest BCUT2D eigenvalue weighted by Gasteiger charge is 2.20. The quantitative estimate of drug-likeness (QED) is 0.216. The molecule has 13 heteroatoms.